The molecule has 1 unspecified atom stereocenters. The number of likely N-dealkylation sites (N-methyl/N-ethyl adjacent to an activating group) is 1. The van der Waals surface area contributed by atoms with Crippen molar-refractivity contribution in [3.05, 3.63) is 69.7 Å². The summed E-state index contributed by atoms with van der Waals surface area (Å²) in [6.07, 6.45) is 2.10. The molecular weight excluding hydrogens is 298 g/mol. The van der Waals surface area contributed by atoms with E-state index in [0.29, 0.717) is 6.04 Å². The Labute approximate surface area is 124 Å². The van der Waals surface area contributed by atoms with E-state index < -0.39 is 0 Å². The molecule has 19 heavy (non-hydrogen) atoms. The van der Waals surface area contributed by atoms with Gasteiger partial charge in [-0.25, -0.2) is 0 Å². The second kappa shape index (κ2) is 6.88. The number of hydrogen-bond acceptors (Lipinski definition) is 1. The van der Waals surface area contributed by atoms with E-state index in [1.54, 1.807) is 0 Å². The zero-order chi connectivity index (χ0) is 13.7. The van der Waals surface area contributed by atoms with Gasteiger partial charge in [-0.1, -0.05) is 59.3 Å². The molecule has 0 aliphatic heterocycles. The van der Waals surface area contributed by atoms with Gasteiger partial charge >= 0.3 is 0 Å². The fraction of sp³-hybridized carbons (Fsp3) is 0.294. The van der Waals surface area contributed by atoms with Crippen LogP contribution in [0.3, 0.4) is 0 Å². The summed E-state index contributed by atoms with van der Waals surface area (Å²) in [5, 5.41) is 3.42. The predicted octanol–water partition coefficient (Wildman–Crippen LogP) is 4.51. The third-order valence-corrected chi connectivity index (χ3v) is 3.99. The molecule has 1 nitrogen and oxygen atoms in total. The number of nitrogens with one attached hydrogen (secondary N) is 1. The maximum absolute atomic E-state index is 3.48. The van der Waals surface area contributed by atoms with Crippen molar-refractivity contribution < 1.29 is 0 Å². The molecule has 2 aromatic rings. The zero-order valence-corrected chi connectivity index (χ0v) is 13.1. The molecule has 2 rings (SSSR count). The molecule has 0 heterocycles. The van der Waals surface area contributed by atoms with Gasteiger partial charge in [0.05, 0.1) is 0 Å². The van der Waals surface area contributed by atoms with Crippen molar-refractivity contribution in [3.8, 4) is 0 Å². The molecule has 0 saturated heterocycles. The molecule has 2 aromatic carbocycles. The highest BCUT2D eigenvalue weighted by Crippen LogP contribution is 2.20. The number of rotatable bonds is 5. The van der Waals surface area contributed by atoms with Crippen molar-refractivity contribution in [3.63, 3.8) is 0 Å². The lowest BCUT2D eigenvalue weighted by atomic mass is 9.97. The van der Waals surface area contributed by atoms with E-state index in [1.165, 1.54) is 16.7 Å². The molecule has 0 aromatic heterocycles. The van der Waals surface area contributed by atoms with Crippen LogP contribution in [0.4, 0.5) is 0 Å². The average Bonchev–Trinajstić information content (AvgIpc) is 2.46. The van der Waals surface area contributed by atoms with Crippen LogP contribution in [0.5, 0.6) is 0 Å². The monoisotopic (exact) mass is 317 g/mol. The minimum Gasteiger partial charge on any atom is -0.313 e. The van der Waals surface area contributed by atoms with Crippen LogP contribution in [-0.4, -0.2) is 7.05 Å². The van der Waals surface area contributed by atoms with Gasteiger partial charge in [-0.2, -0.15) is 0 Å². The molecule has 100 valence electrons. The summed E-state index contributed by atoms with van der Waals surface area (Å²) in [6.45, 7) is 2.20. The second-order valence-electron chi connectivity index (χ2n) is 4.77. The third kappa shape index (κ3) is 3.92. The predicted molar refractivity (Wildman–Crippen MR) is 85.5 cm³/mol. The van der Waals surface area contributed by atoms with Crippen molar-refractivity contribution in [2.75, 3.05) is 7.05 Å². The van der Waals surface area contributed by atoms with Gasteiger partial charge in [0, 0.05) is 10.5 Å². The van der Waals surface area contributed by atoms with E-state index in [2.05, 4.69) is 76.7 Å². The van der Waals surface area contributed by atoms with E-state index in [-0.39, 0.29) is 0 Å². The van der Waals surface area contributed by atoms with Gasteiger partial charge in [0.15, 0.2) is 0 Å². The summed E-state index contributed by atoms with van der Waals surface area (Å²) in [5.41, 5.74) is 4.11. The van der Waals surface area contributed by atoms with Crippen molar-refractivity contribution in [2.45, 2.75) is 25.8 Å². The first-order chi connectivity index (χ1) is 9.22. The van der Waals surface area contributed by atoms with Gasteiger partial charge in [0.1, 0.15) is 0 Å². The Bertz CT molecular complexity index is 519. The van der Waals surface area contributed by atoms with E-state index in [0.717, 1.165) is 17.3 Å². The number of aryl methyl sites for hydroxylation is 1. The largest absolute Gasteiger partial charge is 0.313 e. The minimum absolute atomic E-state index is 0.368. The maximum Gasteiger partial charge on any atom is 0.0358 e. The molecule has 0 saturated carbocycles. The SMILES string of the molecule is CCc1cccc(C(Cc2ccc(Br)cc2)NC)c1. The van der Waals surface area contributed by atoms with Crippen molar-refractivity contribution in [1.29, 1.82) is 0 Å². The second-order valence-corrected chi connectivity index (χ2v) is 5.69. The van der Waals surface area contributed by atoms with Gasteiger partial charge in [0.2, 0.25) is 0 Å². The van der Waals surface area contributed by atoms with Crippen molar-refractivity contribution >= 4 is 15.9 Å². The van der Waals surface area contributed by atoms with Crippen LogP contribution in [0.1, 0.15) is 29.7 Å². The highest BCUT2D eigenvalue weighted by molar-refractivity contribution is 9.10. The lowest BCUT2D eigenvalue weighted by Crippen LogP contribution is -2.19. The molecule has 2 heteroatoms. The Hall–Kier alpha value is -1.12. The Morgan fingerprint density at radius 3 is 2.42 bits per heavy atom. The molecule has 0 amide bonds. The Morgan fingerprint density at radius 2 is 1.79 bits per heavy atom. The maximum atomic E-state index is 3.48. The zero-order valence-electron chi connectivity index (χ0n) is 11.5. The highest BCUT2D eigenvalue weighted by atomic mass is 79.9. The molecule has 0 fully saturated rings. The molecule has 0 radical (unpaired) electrons. The Kier molecular flexibility index (Phi) is 5.17. The molecular formula is C17H20BrN. The number of hydrogen-bond donors (Lipinski definition) is 1. The first-order valence-corrected chi connectivity index (χ1v) is 7.52. The van der Waals surface area contributed by atoms with E-state index in [1.807, 2.05) is 7.05 Å². The van der Waals surface area contributed by atoms with Crippen molar-refractivity contribution in [2.24, 2.45) is 0 Å². The van der Waals surface area contributed by atoms with Crippen molar-refractivity contribution in [1.82, 2.24) is 5.32 Å². The quantitative estimate of drug-likeness (QED) is 0.855. The van der Waals surface area contributed by atoms with E-state index in [4.69, 9.17) is 0 Å². The highest BCUT2D eigenvalue weighted by Gasteiger charge is 2.10. The van der Waals surface area contributed by atoms with Crippen LogP contribution < -0.4 is 5.32 Å². The minimum atomic E-state index is 0.368. The van der Waals surface area contributed by atoms with Crippen LogP contribution in [-0.2, 0) is 12.8 Å². The van der Waals surface area contributed by atoms with E-state index >= 15 is 0 Å². The summed E-state index contributed by atoms with van der Waals surface area (Å²) in [4.78, 5) is 0. The third-order valence-electron chi connectivity index (χ3n) is 3.46. The standard InChI is InChI=1S/C17H20BrN/c1-3-13-5-4-6-15(11-13)17(19-2)12-14-7-9-16(18)10-8-14/h4-11,17,19H,3,12H2,1-2H3. The summed E-state index contributed by atoms with van der Waals surface area (Å²) in [5.74, 6) is 0. The number of benzene rings is 2. The molecule has 0 aliphatic rings. The van der Waals surface area contributed by atoms with E-state index in [9.17, 15) is 0 Å². The van der Waals surface area contributed by atoms with Crippen LogP contribution >= 0.6 is 15.9 Å². The van der Waals surface area contributed by atoms with Gasteiger partial charge in [-0.3, -0.25) is 0 Å². The molecule has 1 N–H and O–H groups in total. The van der Waals surface area contributed by atoms with Crippen LogP contribution in [0.2, 0.25) is 0 Å². The summed E-state index contributed by atoms with van der Waals surface area (Å²) < 4.78 is 1.13. The summed E-state index contributed by atoms with van der Waals surface area (Å²) in [7, 11) is 2.03. The Morgan fingerprint density at radius 1 is 1.05 bits per heavy atom. The number of halogens is 1. The molecule has 0 bridgehead atoms. The van der Waals surface area contributed by atoms with Gasteiger partial charge < -0.3 is 5.32 Å². The molecule has 0 aliphatic carbocycles. The van der Waals surface area contributed by atoms with Crippen LogP contribution in [0.15, 0.2) is 53.0 Å². The topological polar surface area (TPSA) is 12.0 Å². The van der Waals surface area contributed by atoms with Gasteiger partial charge in [0.25, 0.3) is 0 Å². The fourth-order valence-corrected chi connectivity index (χ4v) is 2.54. The molecule has 1 atom stereocenters. The Balaban J connectivity index is 2.17. The van der Waals surface area contributed by atoms with Crippen LogP contribution in [0.25, 0.3) is 0 Å². The smallest absolute Gasteiger partial charge is 0.0358 e. The average molecular weight is 318 g/mol. The van der Waals surface area contributed by atoms with Gasteiger partial charge in [-0.05, 0) is 48.7 Å². The first kappa shape index (κ1) is 14.3. The summed E-state index contributed by atoms with van der Waals surface area (Å²) in [6, 6.07) is 17.8. The van der Waals surface area contributed by atoms with Crippen LogP contribution in [0, 0.1) is 0 Å². The first-order valence-electron chi connectivity index (χ1n) is 6.73. The van der Waals surface area contributed by atoms with Gasteiger partial charge in [-0.15, -0.1) is 0 Å². The normalized spacial score (nSPS) is 12.4. The lowest BCUT2D eigenvalue weighted by Gasteiger charge is -2.17. The lowest BCUT2D eigenvalue weighted by molar-refractivity contribution is 0.591. The molecule has 0 spiro atoms. The fourth-order valence-electron chi connectivity index (χ4n) is 2.27. The summed E-state index contributed by atoms with van der Waals surface area (Å²) >= 11 is 3.48.